The van der Waals surface area contributed by atoms with Crippen molar-refractivity contribution >= 4 is 32.5 Å². The summed E-state index contributed by atoms with van der Waals surface area (Å²) in [5.74, 6) is -0.0895. The van der Waals surface area contributed by atoms with Crippen LogP contribution in [0.15, 0.2) is 48.5 Å². The predicted octanol–water partition coefficient (Wildman–Crippen LogP) is 1.63. The number of anilines is 1. The van der Waals surface area contributed by atoms with Crippen LogP contribution in [0.4, 0.5) is 5.69 Å². The Kier molecular flexibility index (Phi) is 4.03. The molecule has 2 aromatic rings. The van der Waals surface area contributed by atoms with Gasteiger partial charge in [-0.25, -0.2) is 0 Å². The van der Waals surface area contributed by atoms with Crippen LogP contribution in [0.1, 0.15) is 15.9 Å². The summed E-state index contributed by atoms with van der Waals surface area (Å²) in [4.78, 5) is 13.9. The van der Waals surface area contributed by atoms with Gasteiger partial charge >= 0.3 is 120 Å². The Morgan fingerprint density at radius 1 is 1.11 bits per heavy atom. The first-order valence-electron chi connectivity index (χ1n) is 5.71. The molecule has 0 saturated carbocycles. The van der Waals surface area contributed by atoms with Crippen molar-refractivity contribution in [3.05, 3.63) is 59.7 Å². The number of amides is 1. The van der Waals surface area contributed by atoms with Crippen molar-refractivity contribution < 1.29 is 4.79 Å². The van der Waals surface area contributed by atoms with Crippen molar-refractivity contribution in [2.24, 2.45) is 0 Å². The zero-order valence-corrected chi connectivity index (χ0v) is 12.5. The van der Waals surface area contributed by atoms with Gasteiger partial charge in [0.25, 0.3) is 0 Å². The van der Waals surface area contributed by atoms with E-state index in [-0.39, 0.29) is 5.91 Å². The third-order valence-electron chi connectivity index (χ3n) is 2.82. The molecule has 2 aromatic carbocycles. The van der Waals surface area contributed by atoms with Crippen molar-refractivity contribution in [2.75, 3.05) is 11.9 Å². The molecule has 3 nitrogen and oxygen atoms in total. The van der Waals surface area contributed by atoms with E-state index in [0.717, 1.165) is 10.1 Å². The van der Waals surface area contributed by atoms with E-state index in [1.165, 1.54) is 0 Å². The summed E-state index contributed by atoms with van der Waals surface area (Å²) in [6.45, 7) is 0. The SMILES string of the molecule is CN(C(=O)c1ccc(C#N)cc1)c1cc[c]([Ge])cc1. The van der Waals surface area contributed by atoms with Gasteiger partial charge in [0.15, 0.2) is 0 Å². The minimum atomic E-state index is -0.0895. The Morgan fingerprint density at radius 3 is 2.21 bits per heavy atom. The number of hydrogen-bond donors (Lipinski definition) is 0. The Morgan fingerprint density at radius 2 is 1.68 bits per heavy atom. The van der Waals surface area contributed by atoms with Crippen LogP contribution in [0.3, 0.4) is 0 Å². The summed E-state index contributed by atoms with van der Waals surface area (Å²) in [5, 5.41) is 8.73. The zero-order chi connectivity index (χ0) is 13.8. The molecule has 91 valence electrons. The van der Waals surface area contributed by atoms with Gasteiger partial charge in [0, 0.05) is 0 Å². The molecule has 1 amide bonds. The van der Waals surface area contributed by atoms with Crippen LogP contribution in [0, 0.1) is 11.3 Å². The molecule has 2 rings (SSSR count). The first kappa shape index (κ1) is 13.4. The van der Waals surface area contributed by atoms with Crippen LogP contribution in [-0.4, -0.2) is 29.5 Å². The van der Waals surface area contributed by atoms with E-state index in [1.807, 2.05) is 46.8 Å². The second-order valence-corrected chi connectivity index (χ2v) is 5.31. The van der Waals surface area contributed by atoms with Gasteiger partial charge in [-0.2, -0.15) is 0 Å². The van der Waals surface area contributed by atoms with Gasteiger partial charge < -0.3 is 0 Å². The van der Waals surface area contributed by atoms with Gasteiger partial charge in [-0.1, -0.05) is 0 Å². The molecule has 0 bridgehead atoms. The van der Waals surface area contributed by atoms with Gasteiger partial charge in [-0.15, -0.1) is 0 Å². The number of carbonyl (C=O) groups is 1. The van der Waals surface area contributed by atoms with Crippen molar-refractivity contribution in [3.8, 4) is 6.07 Å². The van der Waals surface area contributed by atoms with Gasteiger partial charge in [-0.05, 0) is 0 Å². The van der Waals surface area contributed by atoms with Crippen LogP contribution in [0.25, 0.3) is 0 Å². The predicted molar refractivity (Wildman–Crippen MR) is 75.7 cm³/mol. The Bertz CT molecular complexity index is 627. The van der Waals surface area contributed by atoms with E-state index in [0.29, 0.717) is 11.1 Å². The van der Waals surface area contributed by atoms with Gasteiger partial charge in [0.2, 0.25) is 0 Å². The monoisotopic (exact) mass is 309 g/mol. The number of nitrogens with zero attached hydrogens (tertiary/aromatic N) is 2. The van der Waals surface area contributed by atoms with Crippen LogP contribution < -0.4 is 9.30 Å². The number of benzene rings is 2. The van der Waals surface area contributed by atoms with E-state index in [2.05, 4.69) is 0 Å². The standard InChI is InChI=1S/C15H11GeN2O/c1-18(14-8-6-13(16)7-9-14)15(19)12-4-2-11(10-17)3-5-12/h2-9H,1H3. The number of hydrogen-bond acceptors (Lipinski definition) is 2. The van der Waals surface area contributed by atoms with E-state index in [9.17, 15) is 4.79 Å². The quantitative estimate of drug-likeness (QED) is 0.792. The fourth-order valence-corrected chi connectivity index (χ4v) is 2.03. The molecular weight excluding hydrogens is 297 g/mol. The topological polar surface area (TPSA) is 44.1 Å². The first-order valence-corrected chi connectivity index (χ1v) is 6.76. The summed E-state index contributed by atoms with van der Waals surface area (Å²) in [5.41, 5.74) is 1.97. The second-order valence-electron chi connectivity index (χ2n) is 4.10. The molecule has 4 heteroatoms. The molecule has 0 aliphatic carbocycles. The molecule has 0 unspecified atom stereocenters. The van der Waals surface area contributed by atoms with Crippen molar-refractivity contribution in [1.29, 1.82) is 5.26 Å². The molecule has 0 saturated heterocycles. The average Bonchev–Trinajstić information content (AvgIpc) is 2.46. The molecule has 0 N–H and O–H groups in total. The first-order chi connectivity index (χ1) is 9.11. The molecule has 0 fully saturated rings. The number of carbonyl (C=O) groups excluding carboxylic acids is 1. The summed E-state index contributed by atoms with van der Waals surface area (Å²) in [7, 11) is 1.74. The van der Waals surface area contributed by atoms with Crippen molar-refractivity contribution in [2.45, 2.75) is 0 Å². The average molecular weight is 308 g/mol. The molecule has 0 spiro atoms. The van der Waals surface area contributed by atoms with E-state index in [4.69, 9.17) is 5.26 Å². The van der Waals surface area contributed by atoms with Crippen LogP contribution in [0.2, 0.25) is 0 Å². The van der Waals surface area contributed by atoms with Crippen LogP contribution in [-0.2, 0) is 0 Å². The summed E-state index contributed by atoms with van der Waals surface area (Å²) >= 11 is 2.01. The third-order valence-corrected chi connectivity index (χ3v) is 3.52. The normalized spacial score (nSPS) is 9.74. The number of nitriles is 1. The molecule has 3 radical (unpaired) electrons. The van der Waals surface area contributed by atoms with Crippen molar-refractivity contribution in [1.82, 2.24) is 0 Å². The second kappa shape index (κ2) is 5.72. The van der Waals surface area contributed by atoms with E-state index >= 15 is 0 Å². The van der Waals surface area contributed by atoms with Gasteiger partial charge in [0.1, 0.15) is 0 Å². The maximum atomic E-state index is 12.3. The van der Waals surface area contributed by atoms with Gasteiger partial charge in [-0.3, -0.25) is 0 Å². The van der Waals surface area contributed by atoms with Crippen LogP contribution in [0.5, 0.6) is 0 Å². The summed E-state index contributed by atoms with van der Waals surface area (Å²) in [6.07, 6.45) is 0. The molecule has 0 aliphatic heterocycles. The fourth-order valence-electron chi connectivity index (χ4n) is 1.68. The Hall–Kier alpha value is -2.06. The minimum absolute atomic E-state index is 0.0895. The van der Waals surface area contributed by atoms with Gasteiger partial charge in [0.05, 0.1) is 0 Å². The molecule has 0 atom stereocenters. The molecule has 0 aromatic heterocycles. The van der Waals surface area contributed by atoms with E-state index < -0.39 is 0 Å². The number of rotatable bonds is 2. The van der Waals surface area contributed by atoms with Crippen LogP contribution >= 0.6 is 0 Å². The molecule has 0 heterocycles. The third kappa shape index (κ3) is 3.04. The fraction of sp³-hybridized carbons (Fsp3) is 0.0667. The molecular formula is C15H11GeN2O. The Balaban J connectivity index is 2.23. The molecule has 0 aliphatic rings. The zero-order valence-electron chi connectivity index (χ0n) is 10.4. The van der Waals surface area contributed by atoms with Crippen molar-refractivity contribution in [3.63, 3.8) is 0 Å². The molecule has 19 heavy (non-hydrogen) atoms. The summed E-state index contributed by atoms with van der Waals surface area (Å²) in [6, 6.07) is 16.4. The van der Waals surface area contributed by atoms with E-state index in [1.54, 1.807) is 36.2 Å². The maximum absolute atomic E-state index is 12.3. The Labute approximate surface area is 120 Å². The summed E-state index contributed by atoms with van der Waals surface area (Å²) < 4.78 is 1.16.